The van der Waals surface area contributed by atoms with Crippen molar-refractivity contribution in [2.75, 3.05) is 24.5 Å². The van der Waals surface area contributed by atoms with E-state index in [0.717, 1.165) is 11.8 Å². The van der Waals surface area contributed by atoms with E-state index >= 15 is 0 Å². The summed E-state index contributed by atoms with van der Waals surface area (Å²) in [5.74, 6) is -0.406. The van der Waals surface area contributed by atoms with Gasteiger partial charge in [-0.05, 0) is 37.1 Å². The molecule has 1 saturated heterocycles. The van der Waals surface area contributed by atoms with Crippen LogP contribution >= 0.6 is 11.6 Å². The minimum absolute atomic E-state index is 0.0784. The summed E-state index contributed by atoms with van der Waals surface area (Å²) in [6.45, 7) is 4.36. The van der Waals surface area contributed by atoms with E-state index in [1.54, 1.807) is 11.0 Å². The van der Waals surface area contributed by atoms with Crippen molar-refractivity contribution in [2.45, 2.75) is 17.7 Å². The molecule has 0 aromatic heterocycles. The predicted octanol–water partition coefficient (Wildman–Crippen LogP) is 3.87. The highest BCUT2D eigenvalue weighted by atomic mass is 35.5. The van der Waals surface area contributed by atoms with Gasteiger partial charge in [-0.1, -0.05) is 35.9 Å². The number of amides is 1. The van der Waals surface area contributed by atoms with Crippen LogP contribution < -0.4 is 4.90 Å². The van der Waals surface area contributed by atoms with Gasteiger partial charge in [0.05, 0.1) is 9.82 Å². The van der Waals surface area contributed by atoms with Crippen molar-refractivity contribution in [3.8, 4) is 0 Å². The molecule has 0 bridgehead atoms. The molecule has 3 rings (SSSR count). The predicted molar refractivity (Wildman–Crippen MR) is 119 cm³/mol. The van der Waals surface area contributed by atoms with Gasteiger partial charge in [-0.3, -0.25) is 14.9 Å². The van der Waals surface area contributed by atoms with E-state index in [0.29, 0.717) is 19.4 Å². The lowest BCUT2D eigenvalue weighted by Crippen LogP contribution is -2.44. The summed E-state index contributed by atoms with van der Waals surface area (Å²) in [6.07, 6.45) is 2.36. The molecule has 10 heteroatoms. The molecular weight excluding hydrogens is 442 g/mol. The average molecular weight is 464 g/mol. The molecule has 0 atom stereocenters. The number of carbonyl (C=O) groups is 1. The number of halogens is 1. The summed E-state index contributed by atoms with van der Waals surface area (Å²) >= 11 is 5.79. The van der Waals surface area contributed by atoms with Gasteiger partial charge in [0.15, 0.2) is 0 Å². The lowest BCUT2D eigenvalue weighted by Gasteiger charge is -2.33. The van der Waals surface area contributed by atoms with Crippen molar-refractivity contribution in [3.63, 3.8) is 0 Å². The Bertz CT molecular complexity index is 1080. The van der Waals surface area contributed by atoms with Crippen LogP contribution in [0.3, 0.4) is 0 Å². The Kier molecular flexibility index (Phi) is 7.09. The first-order chi connectivity index (χ1) is 14.8. The van der Waals surface area contributed by atoms with E-state index in [1.165, 1.54) is 16.4 Å². The fourth-order valence-electron chi connectivity index (χ4n) is 3.57. The number of hydrogen-bond acceptors (Lipinski definition) is 5. The molecule has 0 N–H and O–H groups in total. The van der Waals surface area contributed by atoms with E-state index in [1.807, 2.05) is 30.3 Å². The maximum Gasteiger partial charge on any atom is 0.289 e. The first-order valence-electron chi connectivity index (χ1n) is 9.67. The van der Waals surface area contributed by atoms with Gasteiger partial charge in [0, 0.05) is 37.3 Å². The molecule has 0 aliphatic carbocycles. The lowest BCUT2D eigenvalue weighted by molar-refractivity contribution is -0.384. The smallest absolute Gasteiger partial charge is 0.289 e. The minimum Gasteiger partial charge on any atom is -0.308 e. The normalized spacial score (nSPS) is 15.4. The van der Waals surface area contributed by atoms with Crippen LogP contribution in [0, 0.1) is 16.0 Å². The summed E-state index contributed by atoms with van der Waals surface area (Å²) in [7, 11) is -3.94. The third-order valence-electron chi connectivity index (χ3n) is 5.20. The fourth-order valence-corrected chi connectivity index (χ4v) is 5.24. The Hall–Kier alpha value is -2.75. The molecule has 31 heavy (non-hydrogen) atoms. The molecule has 0 spiro atoms. The van der Waals surface area contributed by atoms with Gasteiger partial charge < -0.3 is 4.90 Å². The number of anilines is 1. The summed E-state index contributed by atoms with van der Waals surface area (Å²) in [4.78, 5) is 24.9. The van der Waals surface area contributed by atoms with Gasteiger partial charge >= 0.3 is 0 Å². The van der Waals surface area contributed by atoms with Crippen molar-refractivity contribution >= 4 is 38.9 Å². The van der Waals surface area contributed by atoms with Crippen LogP contribution in [0.25, 0.3) is 0 Å². The number of sulfonamides is 1. The van der Waals surface area contributed by atoms with Crippen molar-refractivity contribution in [1.82, 2.24) is 4.31 Å². The molecule has 2 aromatic rings. The monoisotopic (exact) mass is 463 g/mol. The first-order valence-corrected chi connectivity index (χ1v) is 11.5. The number of nitrogens with zero attached hydrogens (tertiary/aromatic N) is 3. The van der Waals surface area contributed by atoms with Gasteiger partial charge in [-0.25, -0.2) is 8.42 Å². The molecule has 1 amide bonds. The second-order valence-electron chi connectivity index (χ2n) is 7.12. The zero-order valence-electron chi connectivity index (χ0n) is 16.7. The van der Waals surface area contributed by atoms with Gasteiger partial charge in [0.1, 0.15) is 5.02 Å². The molecule has 0 radical (unpaired) electrons. The molecule has 8 nitrogen and oxygen atoms in total. The Balaban J connectivity index is 1.74. The summed E-state index contributed by atoms with van der Waals surface area (Å²) in [6, 6.07) is 12.7. The SMILES string of the molecule is C=CCN(C(=O)C1CCN(S(=O)(=O)c2ccc(Cl)c([N+](=O)[O-])c2)CC1)c1ccccc1. The van der Waals surface area contributed by atoms with E-state index < -0.39 is 20.6 Å². The van der Waals surface area contributed by atoms with Crippen molar-refractivity contribution < 1.29 is 18.1 Å². The van der Waals surface area contributed by atoms with Crippen molar-refractivity contribution in [3.05, 3.63) is 76.3 Å². The lowest BCUT2D eigenvalue weighted by atomic mass is 9.96. The summed E-state index contributed by atoms with van der Waals surface area (Å²) in [5.41, 5.74) is 0.298. The molecule has 0 saturated carbocycles. The van der Waals surface area contributed by atoms with E-state index in [-0.39, 0.29) is 34.8 Å². The number of rotatable bonds is 7. The highest BCUT2D eigenvalue weighted by molar-refractivity contribution is 7.89. The zero-order valence-corrected chi connectivity index (χ0v) is 18.3. The first kappa shape index (κ1) is 22.9. The molecule has 1 heterocycles. The molecular formula is C21H22ClN3O5S. The van der Waals surface area contributed by atoms with Crippen LogP contribution in [0.1, 0.15) is 12.8 Å². The van der Waals surface area contributed by atoms with Gasteiger partial charge in [0.25, 0.3) is 5.69 Å². The zero-order chi connectivity index (χ0) is 22.6. The average Bonchev–Trinajstić information content (AvgIpc) is 2.77. The van der Waals surface area contributed by atoms with Crippen LogP contribution in [-0.4, -0.2) is 43.2 Å². The van der Waals surface area contributed by atoms with E-state index in [9.17, 15) is 23.3 Å². The summed E-state index contributed by atoms with van der Waals surface area (Å²) < 4.78 is 27.2. The molecule has 1 aliphatic heterocycles. The Morgan fingerprint density at radius 2 is 1.87 bits per heavy atom. The Labute approximate surface area is 185 Å². The quantitative estimate of drug-likeness (QED) is 0.352. The number of carbonyl (C=O) groups excluding carboxylic acids is 1. The maximum atomic E-state index is 13.1. The number of benzene rings is 2. The largest absolute Gasteiger partial charge is 0.308 e. The summed E-state index contributed by atoms with van der Waals surface area (Å²) in [5, 5.41) is 11.0. The number of piperidine rings is 1. The van der Waals surface area contributed by atoms with Crippen LogP contribution in [0.5, 0.6) is 0 Å². The molecule has 0 unspecified atom stereocenters. The third kappa shape index (κ3) is 4.95. The number of hydrogen-bond donors (Lipinski definition) is 0. The molecule has 1 fully saturated rings. The fraction of sp³-hybridized carbons (Fsp3) is 0.286. The van der Waals surface area contributed by atoms with Gasteiger partial charge in [-0.15, -0.1) is 6.58 Å². The van der Waals surface area contributed by atoms with Crippen LogP contribution in [-0.2, 0) is 14.8 Å². The molecule has 164 valence electrons. The number of nitro benzene ring substituents is 1. The standard InChI is InChI=1S/C21H22ClN3O5S/c1-2-12-24(17-6-4-3-5-7-17)21(26)16-10-13-23(14-11-16)31(29,30)18-8-9-19(22)20(15-18)25(27)28/h2-9,15-16H,1,10-14H2. The maximum absolute atomic E-state index is 13.1. The molecule has 1 aliphatic rings. The minimum atomic E-state index is -3.94. The molecule has 2 aromatic carbocycles. The van der Waals surface area contributed by atoms with Crippen LogP contribution in [0.4, 0.5) is 11.4 Å². The topological polar surface area (TPSA) is 101 Å². The van der Waals surface area contributed by atoms with Crippen LogP contribution in [0.15, 0.2) is 66.1 Å². The van der Waals surface area contributed by atoms with Gasteiger partial charge in [-0.2, -0.15) is 4.31 Å². The van der Waals surface area contributed by atoms with E-state index in [2.05, 4.69) is 6.58 Å². The van der Waals surface area contributed by atoms with Gasteiger partial charge in [0.2, 0.25) is 15.9 Å². The van der Waals surface area contributed by atoms with E-state index in [4.69, 9.17) is 11.6 Å². The highest BCUT2D eigenvalue weighted by Crippen LogP contribution is 2.31. The number of para-hydroxylation sites is 1. The van der Waals surface area contributed by atoms with Crippen molar-refractivity contribution in [2.24, 2.45) is 5.92 Å². The van der Waals surface area contributed by atoms with Crippen LogP contribution in [0.2, 0.25) is 5.02 Å². The Morgan fingerprint density at radius 1 is 1.23 bits per heavy atom. The third-order valence-corrected chi connectivity index (χ3v) is 7.42. The second kappa shape index (κ2) is 9.59. The highest BCUT2D eigenvalue weighted by Gasteiger charge is 2.34. The van der Waals surface area contributed by atoms with Crippen molar-refractivity contribution in [1.29, 1.82) is 0 Å². The number of nitro groups is 1. The Morgan fingerprint density at radius 3 is 2.45 bits per heavy atom. The second-order valence-corrected chi connectivity index (χ2v) is 9.47.